The predicted octanol–water partition coefficient (Wildman–Crippen LogP) is 3.47. The maximum absolute atomic E-state index is 12.6. The van der Waals surface area contributed by atoms with Gasteiger partial charge in [0, 0.05) is 21.4 Å². The molecule has 1 heterocycles. The number of aromatic nitrogens is 1. The number of carbonyl (C=O) groups is 1. The van der Waals surface area contributed by atoms with Crippen LogP contribution in [0.15, 0.2) is 57.3 Å². The number of anilines is 1. The molecule has 2 aromatic carbocycles. The lowest BCUT2D eigenvalue weighted by Gasteiger charge is -2.09. The summed E-state index contributed by atoms with van der Waals surface area (Å²) in [4.78, 5) is 16.0. The van der Waals surface area contributed by atoms with Gasteiger partial charge in [-0.2, -0.15) is 0 Å². The number of hydrogen-bond donors (Lipinski definition) is 1. The largest absolute Gasteiger partial charge is 0.301 e. The molecule has 0 radical (unpaired) electrons. The zero-order valence-electron chi connectivity index (χ0n) is 11.7. The van der Waals surface area contributed by atoms with Crippen molar-refractivity contribution in [1.82, 2.24) is 4.98 Å². The maximum atomic E-state index is 12.6. The summed E-state index contributed by atoms with van der Waals surface area (Å²) < 4.78 is 26.0. The highest BCUT2D eigenvalue weighted by atomic mass is 79.9. The smallest absolute Gasteiger partial charge is 0.241 e. The van der Waals surface area contributed by atoms with Gasteiger partial charge in [0.25, 0.3) is 0 Å². The van der Waals surface area contributed by atoms with E-state index in [4.69, 9.17) is 0 Å². The van der Waals surface area contributed by atoms with Gasteiger partial charge in [0.2, 0.25) is 5.91 Å². The van der Waals surface area contributed by atoms with Crippen LogP contribution in [0.5, 0.6) is 0 Å². The van der Waals surface area contributed by atoms with Crippen LogP contribution in [-0.2, 0) is 14.6 Å². The summed E-state index contributed by atoms with van der Waals surface area (Å²) in [5.74, 6) is -1.23. The van der Waals surface area contributed by atoms with Gasteiger partial charge in [-0.1, -0.05) is 40.2 Å². The van der Waals surface area contributed by atoms with Gasteiger partial charge in [0.1, 0.15) is 5.75 Å². The van der Waals surface area contributed by atoms with Crippen LogP contribution >= 0.6 is 27.3 Å². The lowest BCUT2D eigenvalue weighted by atomic mass is 10.1. The normalized spacial score (nSPS) is 11.5. The number of nitrogens with one attached hydrogen (secondary N) is 1. The van der Waals surface area contributed by atoms with Gasteiger partial charge in [-0.05, 0) is 17.5 Å². The van der Waals surface area contributed by atoms with E-state index in [1.54, 1.807) is 23.6 Å². The van der Waals surface area contributed by atoms with Crippen molar-refractivity contribution in [3.63, 3.8) is 0 Å². The molecule has 3 aromatic rings. The average molecular weight is 411 g/mol. The molecule has 5 nitrogen and oxygen atoms in total. The van der Waals surface area contributed by atoms with Gasteiger partial charge < -0.3 is 5.32 Å². The predicted molar refractivity (Wildman–Crippen MR) is 94.4 cm³/mol. The molecule has 8 heteroatoms. The molecule has 118 valence electrons. The van der Waals surface area contributed by atoms with E-state index < -0.39 is 21.5 Å². The summed E-state index contributed by atoms with van der Waals surface area (Å²) in [7, 11) is -3.76. The van der Waals surface area contributed by atoms with E-state index >= 15 is 0 Å². The zero-order chi connectivity index (χ0) is 16.4. The summed E-state index contributed by atoms with van der Waals surface area (Å²) in [6.45, 7) is 0. The third kappa shape index (κ3) is 3.44. The lowest BCUT2D eigenvalue weighted by Crippen LogP contribution is -2.23. The molecule has 0 aliphatic rings. The summed E-state index contributed by atoms with van der Waals surface area (Å²) in [6, 6.07) is 10.3. The second-order valence-electron chi connectivity index (χ2n) is 4.74. The van der Waals surface area contributed by atoms with E-state index in [0.29, 0.717) is 10.5 Å². The maximum Gasteiger partial charge on any atom is 0.241 e. The number of benzene rings is 2. The molecule has 1 aromatic heterocycles. The van der Waals surface area contributed by atoms with Crippen molar-refractivity contribution in [2.75, 3.05) is 11.1 Å². The van der Waals surface area contributed by atoms with Crippen molar-refractivity contribution in [3.8, 4) is 0 Å². The minimum atomic E-state index is -3.76. The highest BCUT2D eigenvalue weighted by Crippen LogP contribution is 2.30. The molecule has 0 aliphatic carbocycles. The van der Waals surface area contributed by atoms with Crippen molar-refractivity contribution in [1.29, 1.82) is 0 Å². The molecule has 0 atom stereocenters. The Morgan fingerprint density at radius 2 is 1.91 bits per heavy atom. The molecule has 1 N–H and O–H groups in total. The number of rotatable bonds is 4. The lowest BCUT2D eigenvalue weighted by molar-refractivity contribution is -0.113. The number of nitrogens with zero attached hydrogens (tertiary/aromatic N) is 1. The summed E-state index contributed by atoms with van der Waals surface area (Å²) >= 11 is 4.64. The van der Waals surface area contributed by atoms with Gasteiger partial charge in [0.05, 0.1) is 4.90 Å². The quantitative estimate of drug-likeness (QED) is 0.714. The van der Waals surface area contributed by atoms with Gasteiger partial charge in [0.15, 0.2) is 15.0 Å². The Morgan fingerprint density at radius 1 is 1.17 bits per heavy atom. The van der Waals surface area contributed by atoms with Crippen LogP contribution in [0.25, 0.3) is 10.8 Å². The first kappa shape index (κ1) is 16.1. The number of carbonyl (C=O) groups excluding carboxylic acids is 1. The standard InChI is InChI=1S/C15H11BrN2O3S2/c16-12-5-6-13(11-4-2-1-3-10(11)12)23(20,21)9-14(19)18-15-17-7-8-22-15/h1-8H,9H2,(H,17,18,19). The molecule has 3 rings (SSSR count). The molecular weight excluding hydrogens is 400 g/mol. The van der Waals surface area contributed by atoms with Crippen LogP contribution in [0, 0.1) is 0 Å². The SMILES string of the molecule is O=C(CS(=O)(=O)c1ccc(Br)c2ccccc12)Nc1nccs1. The van der Waals surface area contributed by atoms with Crippen LogP contribution in [0.2, 0.25) is 0 Å². The van der Waals surface area contributed by atoms with E-state index in [0.717, 1.165) is 9.86 Å². The Kier molecular flexibility index (Phi) is 4.47. The molecule has 0 spiro atoms. The second kappa shape index (κ2) is 6.38. The van der Waals surface area contributed by atoms with Crippen LogP contribution in [0.1, 0.15) is 0 Å². The first-order valence-corrected chi connectivity index (χ1v) is 9.89. The van der Waals surface area contributed by atoms with Crippen LogP contribution < -0.4 is 5.32 Å². The molecule has 0 fully saturated rings. The first-order valence-electron chi connectivity index (χ1n) is 6.57. The summed E-state index contributed by atoms with van der Waals surface area (Å²) in [5.41, 5.74) is 0. The number of halogens is 1. The van der Waals surface area contributed by atoms with Crippen molar-refractivity contribution < 1.29 is 13.2 Å². The monoisotopic (exact) mass is 410 g/mol. The van der Waals surface area contributed by atoms with Gasteiger partial charge in [-0.25, -0.2) is 13.4 Å². The van der Waals surface area contributed by atoms with Gasteiger partial charge in [-0.3, -0.25) is 4.79 Å². The summed E-state index contributed by atoms with van der Waals surface area (Å²) in [6.07, 6.45) is 1.54. The third-order valence-electron chi connectivity index (χ3n) is 3.17. The number of amides is 1. The molecule has 0 saturated heterocycles. The number of hydrogen-bond acceptors (Lipinski definition) is 5. The highest BCUT2D eigenvalue weighted by Gasteiger charge is 2.22. The fourth-order valence-electron chi connectivity index (χ4n) is 2.20. The number of sulfone groups is 1. The van der Waals surface area contributed by atoms with Crippen molar-refractivity contribution >= 4 is 58.9 Å². The van der Waals surface area contributed by atoms with E-state index in [1.807, 2.05) is 12.1 Å². The minimum absolute atomic E-state index is 0.144. The van der Waals surface area contributed by atoms with E-state index in [1.165, 1.54) is 23.6 Å². The second-order valence-corrected chi connectivity index (χ2v) is 8.44. The van der Waals surface area contributed by atoms with Gasteiger partial charge in [-0.15, -0.1) is 11.3 Å². The topological polar surface area (TPSA) is 76.1 Å². The molecule has 0 saturated carbocycles. The molecule has 0 unspecified atom stereocenters. The van der Waals surface area contributed by atoms with Crippen LogP contribution in [-0.4, -0.2) is 25.1 Å². The van der Waals surface area contributed by atoms with Crippen LogP contribution in [0.4, 0.5) is 5.13 Å². The molecule has 0 bridgehead atoms. The van der Waals surface area contributed by atoms with Gasteiger partial charge >= 0.3 is 0 Å². The highest BCUT2D eigenvalue weighted by molar-refractivity contribution is 9.10. The Balaban J connectivity index is 1.94. The van der Waals surface area contributed by atoms with Crippen molar-refractivity contribution in [3.05, 3.63) is 52.4 Å². The molecule has 0 aliphatic heterocycles. The Bertz CT molecular complexity index is 970. The van der Waals surface area contributed by atoms with E-state index in [9.17, 15) is 13.2 Å². The fraction of sp³-hybridized carbons (Fsp3) is 0.0667. The number of thiazole rings is 1. The summed E-state index contributed by atoms with van der Waals surface area (Å²) in [5, 5.41) is 5.94. The van der Waals surface area contributed by atoms with Crippen LogP contribution in [0.3, 0.4) is 0 Å². The minimum Gasteiger partial charge on any atom is -0.301 e. The zero-order valence-corrected chi connectivity index (χ0v) is 14.9. The Hall–Kier alpha value is -1.77. The first-order chi connectivity index (χ1) is 11.0. The fourth-order valence-corrected chi connectivity index (χ4v) is 4.58. The Labute approximate surface area is 145 Å². The molecular formula is C15H11BrN2O3S2. The number of fused-ring (bicyclic) bond motifs is 1. The third-order valence-corrected chi connectivity index (χ3v) is 6.21. The van der Waals surface area contributed by atoms with Crippen molar-refractivity contribution in [2.24, 2.45) is 0 Å². The molecule has 23 heavy (non-hydrogen) atoms. The molecule has 1 amide bonds. The van der Waals surface area contributed by atoms with Crippen molar-refractivity contribution in [2.45, 2.75) is 4.90 Å². The Morgan fingerprint density at radius 3 is 2.61 bits per heavy atom. The average Bonchev–Trinajstić information content (AvgIpc) is 2.99. The van der Waals surface area contributed by atoms with E-state index in [-0.39, 0.29) is 4.90 Å². The van der Waals surface area contributed by atoms with E-state index in [2.05, 4.69) is 26.2 Å².